The summed E-state index contributed by atoms with van der Waals surface area (Å²) in [6.45, 7) is 2.27. The van der Waals surface area contributed by atoms with Crippen LogP contribution in [0.2, 0.25) is 20.1 Å². The van der Waals surface area contributed by atoms with E-state index in [1.54, 1.807) is 30.3 Å². The van der Waals surface area contributed by atoms with Gasteiger partial charge in [0.2, 0.25) is 0 Å². The van der Waals surface area contributed by atoms with Crippen molar-refractivity contribution in [3.63, 3.8) is 0 Å². The molecule has 0 aromatic heterocycles. The minimum atomic E-state index is -0.671. The molecule has 1 heterocycles. The van der Waals surface area contributed by atoms with Crippen molar-refractivity contribution in [1.29, 1.82) is 0 Å². The maximum atomic E-state index is 13.3. The monoisotopic (exact) mass is 564 g/mol. The number of carbonyl (C=O) groups excluding carboxylic acids is 2. The molecule has 0 unspecified atom stereocenters. The van der Waals surface area contributed by atoms with Gasteiger partial charge in [0.25, 0.3) is 11.8 Å². The standard InChI is InChI=1S/C25H16Cl4N2O3S/c1-13-5-7-14(8-6-13)12-34-22-18(27)10-15(11-19(22)28)9-16-23(32)30-25(35)31(24(16)33)20-4-2-3-17(26)21(20)29/h2-11H,12H2,1H3,(H,30,32,35)/b16-9+. The number of anilines is 1. The molecule has 0 spiro atoms. The third-order valence-electron chi connectivity index (χ3n) is 5.11. The van der Waals surface area contributed by atoms with Crippen molar-refractivity contribution < 1.29 is 14.3 Å². The number of halogens is 4. The average molecular weight is 566 g/mol. The van der Waals surface area contributed by atoms with Crippen LogP contribution in [-0.2, 0) is 16.2 Å². The van der Waals surface area contributed by atoms with Gasteiger partial charge in [-0.05, 0) is 60.6 Å². The second kappa shape index (κ2) is 10.6. The number of hydrogen-bond donors (Lipinski definition) is 1. The molecule has 5 nitrogen and oxygen atoms in total. The zero-order valence-corrected chi connectivity index (χ0v) is 21.9. The summed E-state index contributed by atoms with van der Waals surface area (Å²) >= 11 is 30.4. The number of aryl methyl sites for hydroxylation is 1. The molecule has 178 valence electrons. The Morgan fingerprint density at radius 2 is 1.63 bits per heavy atom. The zero-order valence-electron chi connectivity index (χ0n) is 18.1. The van der Waals surface area contributed by atoms with Gasteiger partial charge in [0.05, 0.1) is 25.8 Å². The number of hydrogen-bond acceptors (Lipinski definition) is 4. The third-order valence-corrected chi connectivity index (χ3v) is 6.76. The molecule has 0 saturated carbocycles. The lowest BCUT2D eigenvalue weighted by atomic mass is 10.1. The van der Waals surface area contributed by atoms with Crippen LogP contribution < -0.4 is 15.0 Å². The van der Waals surface area contributed by atoms with Gasteiger partial charge >= 0.3 is 0 Å². The molecule has 1 N–H and O–H groups in total. The summed E-state index contributed by atoms with van der Waals surface area (Å²) in [6, 6.07) is 15.7. The summed E-state index contributed by atoms with van der Waals surface area (Å²) in [5, 5.41) is 3.20. The molecule has 0 bridgehead atoms. The van der Waals surface area contributed by atoms with Crippen LogP contribution in [0, 0.1) is 6.92 Å². The van der Waals surface area contributed by atoms with E-state index in [9.17, 15) is 9.59 Å². The Balaban J connectivity index is 1.63. The molecule has 1 fully saturated rings. The van der Waals surface area contributed by atoms with Gasteiger partial charge in [-0.1, -0.05) is 82.3 Å². The number of rotatable bonds is 5. The molecule has 0 aliphatic carbocycles. The van der Waals surface area contributed by atoms with Crippen LogP contribution in [0.1, 0.15) is 16.7 Å². The summed E-state index contributed by atoms with van der Waals surface area (Å²) in [4.78, 5) is 27.0. The van der Waals surface area contributed by atoms with Gasteiger partial charge in [-0.2, -0.15) is 0 Å². The molecule has 2 amide bonds. The van der Waals surface area contributed by atoms with E-state index in [0.717, 1.165) is 16.0 Å². The van der Waals surface area contributed by atoms with E-state index in [1.165, 1.54) is 6.08 Å². The highest BCUT2D eigenvalue weighted by Crippen LogP contribution is 2.37. The lowest BCUT2D eigenvalue weighted by Crippen LogP contribution is -2.54. The first kappa shape index (κ1) is 25.5. The first-order chi connectivity index (χ1) is 16.7. The normalized spacial score (nSPS) is 14.9. The van der Waals surface area contributed by atoms with Crippen molar-refractivity contribution in [3.8, 4) is 5.75 Å². The average Bonchev–Trinajstić information content (AvgIpc) is 2.80. The minimum absolute atomic E-state index is 0.114. The number of carbonyl (C=O) groups is 2. The highest BCUT2D eigenvalue weighted by Gasteiger charge is 2.35. The fraction of sp³-hybridized carbons (Fsp3) is 0.0800. The van der Waals surface area contributed by atoms with Gasteiger partial charge in [0, 0.05) is 0 Å². The molecule has 0 atom stereocenters. The summed E-state index contributed by atoms with van der Waals surface area (Å²) in [7, 11) is 0. The second-order valence-corrected chi connectivity index (χ2v) is 9.61. The van der Waals surface area contributed by atoms with Gasteiger partial charge in [0.1, 0.15) is 12.2 Å². The third kappa shape index (κ3) is 5.47. The molecular formula is C25H16Cl4N2O3S. The number of ether oxygens (including phenoxy) is 1. The van der Waals surface area contributed by atoms with Crippen molar-refractivity contribution in [1.82, 2.24) is 5.32 Å². The van der Waals surface area contributed by atoms with Gasteiger partial charge in [-0.25, -0.2) is 0 Å². The lowest BCUT2D eigenvalue weighted by molar-refractivity contribution is -0.122. The number of nitrogens with zero attached hydrogens (tertiary/aromatic N) is 1. The maximum absolute atomic E-state index is 13.3. The molecule has 0 radical (unpaired) electrons. The SMILES string of the molecule is Cc1ccc(COc2c(Cl)cc(/C=C3\C(=O)NC(=S)N(c4cccc(Cl)c4Cl)C3=O)cc2Cl)cc1. The zero-order chi connectivity index (χ0) is 25.3. The highest BCUT2D eigenvalue weighted by atomic mass is 35.5. The van der Waals surface area contributed by atoms with Crippen LogP contribution in [0.5, 0.6) is 5.75 Å². The molecule has 10 heteroatoms. The predicted molar refractivity (Wildman–Crippen MR) is 145 cm³/mol. The molecule has 1 aliphatic rings. The van der Waals surface area contributed by atoms with Crippen molar-refractivity contribution in [2.24, 2.45) is 0 Å². The number of thiocarbonyl (C=S) groups is 1. The Hall–Kier alpha value is -2.61. The predicted octanol–water partition coefficient (Wildman–Crippen LogP) is 7.02. The molecule has 1 saturated heterocycles. The molecule has 3 aromatic carbocycles. The Morgan fingerprint density at radius 1 is 0.971 bits per heavy atom. The smallest absolute Gasteiger partial charge is 0.270 e. The van der Waals surface area contributed by atoms with Crippen LogP contribution >= 0.6 is 58.6 Å². The summed E-state index contributed by atoms with van der Waals surface area (Å²) in [5.41, 5.74) is 2.58. The number of nitrogens with one attached hydrogen (secondary N) is 1. The summed E-state index contributed by atoms with van der Waals surface area (Å²) < 4.78 is 5.81. The van der Waals surface area contributed by atoms with Gasteiger partial charge in [0.15, 0.2) is 10.9 Å². The molecule has 3 aromatic rings. The number of amides is 2. The van der Waals surface area contributed by atoms with E-state index in [0.29, 0.717) is 11.3 Å². The first-order valence-corrected chi connectivity index (χ1v) is 12.1. The van der Waals surface area contributed by atoms with E-state index >= 15 is 0 Å². The van der Waals surface area contributed by atoms with Crippen molar-refractivity contribution in [3.05, 3.63) is 97.0 Å². The quantitative estimate of drug-likeness (QED) is 0.205. The van der Waals surface area contributed by atoms with Gasteiger partial charge in [-0.15, -0.1) is 0 Å². The topological polar surface area (TPSA) is 58.6 Å². The van der Waals surface area contributed by atoms with Gasteiger partial charge in [-0.3, -0.25) is 19.8 Å². The lowest BCUT2D eigenvalue weighted by Gasteiger charge is -2.29. The largest absolute Gasteiger partial charge is 0.486 e. The molecular weight excluding hydrogens is 550 g/mol. The van der Waals surface area contributed by atoms with E-state index in [4.69, 9.17) is 63.4 Å². The highest BCUT2D eigenvalue weighted by molar-refractivity contribution is 7.80. The van der Waals surface area contributed by atoms with Crippen LogP contribution in [0.25, 0.3) is 6.08 Å². The van der Waals surface area contributed by atoms with Crippen LogP contribution in [0.3, 0.4) is 0 Å². The molecule has 1 aliphatic heterocycles. The Morgan fingerprint density at radius 3 is 2.29 bits per heavy atom. The maximum Gasteiger partial charge on any atom is 0.270 e. The molecule has 35 heavy (non-hydrogen) atoms. The van der Waals surface area contributed by atoms with Crippen LogP contribution in [0.4, 0.5) is 5.69 Å². The second-order valence-electron chi connectivity index (χ2n) is 7.62. The molecule has 4 rings (SSSR count). The van der Waals surface area contributed by atoms with E-state index < -0.39 is 11.8 Å². The van der Waals surface area contributed by atoms with Crippen LogP contribution in [0.15, 0.2) is 60.2 Å². The summed E-state index contributed by atoms with van der Waals surface area (Å²) in [5.74, 6) is -1.04. The van der Waals surface area contributed by atoms with Gasteiger partial charge < -0.3 is 4.74 Å². The van der Waals surface area contributed by atoms with Crippen molar-refractivity contribution in [2.45, 2.75) is 13.5 Å². The fourth-order valence-electron chi connectivity index (χ4n) is 3.35. The van der Waals surface area contributed by atoms with E-state index in [1.807, 2.05) is 31.2 Å². The van der Waals surface area contributed by atoms with E-state index in [2.05, 4.69) is 5.32 Å². The summed E-state index contributed by atoms with van der Waals surface area (Å²) in [6.07, 6.45) is 1.37. The first-order valence-electron chi connectivity index (χ1n) is 10.2. The Bertz CT molecular complexity index is 1370. The Kier molecular flexibility index (Phi) is 7.69. The number of benzene rings is 3. The minimum Gasteiger partial charge on any atom is -0.486 e. The van der Waals surface area contributed by atoms with Crippen LogP contribution in [-0.4, -0.2) is 16.9 Å². The van der Waals surface area contributed by atoms with Crippen molar-refractivity contribution in [2.75, 3.05) is 4.90 Å². The Labute approximate surface area is 227 Å². The van der Waals surface area contributed by atoms with Crippen molar-refractivity contribution >= 4 is 87.3 Å². The van der Waals surface area contributed by atoms with E-state index in [-0.39, 0.29) is 43.1 Å². The fourth-order valence-corrected chi connectivity index (χ4v) is 4.62.